The molecule has 0 spiro atoms. The number of halogens is 1. The van der Waals surface area contributed by atoms with Crippen molar-refractivity contribution < 1.29 is 0 Å². The fourth-order valence-electron chi connectivity index (χ4n) is 2.52. The normalized spacial score (nSPS) is 11.4. The van der Waals surface area contributed by atoms with Gasteiger partial charge in [-0.2, -0.15) is 0 Å². The molecule has 0 fully saturated rings. The molecule has 128 valence electrons. The number of nitrogens with zero attached hydrogens (tertiary/aromatic N) is 3. The standard InChI is InChI=1S/C19H25ClN4/c1-4-22-19(23-11-9-17-8-10-21-13-15(17)2)24(3)14-16-6-5-7-18(20)12-16/h5-8,10,12-13H,4,9,11,14H2,1-3H3,(H,22,23). The first kappa shape index (κ1) is 18.3. The Kier molecular flexibility index (Phi) is 7.07. The van der Waals surface area contributed by atoms with E-state index in [0.29, 0.717) is 0 Å². The van der Waals surface area contributed by atoms with Crippen molar-refractivity contribution in [2.24, 2.45) is 4.99 Å². The summed E-state index contributed by atoms with van der Waals surface area (Å²) in [5.41, 5.74) is 3.67. The molecule has 24 heavy (non-hydrogen) atoms. The lowest BCUT2D eigenvalue weighted by Gasteiger charge is -2.22. The summed E-state index contributed by atoms with van der Waals surface area (Å²) in [7, 11) is 2.04. The van der Waals surface area contributed by atoms with Gasteiger partial charge in [-0.25, -0.2) is 0 Å². The molecule has 1 aromatic heterocycles. The first-order valence-corrected chi connectivity index (χ1v) is 8.61. The molecule has 0 bridgehead atoms. The summed E-state index contributed by atoms with van der Waals surface area (Å²) >= 11 is 6.07. The van der Waals surface area contributed by atoms with Crippen LogP contribution in [0.1, 0.15) is 23.6 Å². The molecule has 1 N–H and O–H groups in total. The topological polar surface area (TPSA) is 40.5 Å². The molecule has 1 heterocycles. The number of rotatable bonds is 6. The lowest BCUT2D eigenvalue weighted by atomic mass is 10.1. The van der Waals surface area contributed by atoms with Gasteiger partial charge in [0.1, 0.15) is 0 Å². The van der Waals surface area contributed by atoms with Crippen LogP contribution in [-0.4, -0.2) is 36.0 Å². The van der Waals surface area contributed by atoms with Crippen LogP contribution in [-0.2, 0) is 13.0 Å². The van der Waals surface area contributed by atoms with E-state index in [4.69, 9.17) is 16.6 Å². The van der Waals surface area contributed by atoms with Crippen LogP contribution in [0.4, 0.5) is 0 Å². The Labute approximate surface area is 149 Å². The van der Waals surface area contributed by atoms with Gasteiger partial charge in [-0.3, -0.25) is 9.98 Å². The van der Waals surface area contributed by atoms with E-state index >= 15 is 0 Å². The second-order valence-electron chi connectivity index (χ2n) is 5.77. The van der Waals surface area contributed by atoms with Crippen molar-refractivity contribution in [1.82, 2.24) is 15.2 Å². The highest BCUT2D eigenvalue weighted by atomic mass is 35.5. The fourth-order valence-corrected chi connectivity index (χ4v) is 2.73. The van der Waals surface area contributed by atoms with Crippen LogP contribution < -0.4 is 5.32 Å². The third-order valence-corrected chi connectivity index (χ3v) is 4.02. The number of hydrogen-bond donors (Lipinski definition) is 1. The average molecular weight is 345 g/mol. The fraction of sp³-hybridized carbons (Fsp3) is 0.368. The highest BCUT2D eigenvalue weighted by Crippen LogP contribution is 2.12. The van der Waals surface area contributed by atoms with Crippen LogP contribution in [0, 0.1) is 6.92 Å². The van der Waals surface area contributed by atoms with Gasteiger partial charge in [0, 0.05) is 44.1 Å². The zero-order chi connectivity index (χ0) is 17.4. The summed E-state index contributed by atoms with van der Waals surface area (Å²) in [5.74, 6) is 0.907. The number of aliphatic imine (C=N–C) groups is 1. The van der Waals surface area contributed by atoms with E-state index in [0.717, 1.165) is 37.0 Å². The summed E-state index contributed by atoms with van der Waals surface area (Å²) in [4.78, 5) is 11.0. The number of aromatic nitrogens is 1. The van der Waals surface area contributed by atoms with E-state index in [9.17, 15) is 0 Å². The van der Waals surface area contributed by atoms with Crippen molar-refractivity contribution in [3.63, 3.8) is 0 Å². The smallest absolute Gasteiger partial charge is 0.193 e. The van der Waals surface area contributed by atoms with Gasteiger partial charge in [0.05, 0.1) is 0 Å². The van der Waals surface area contributed by atoms with Gasteiger partial charge in [0.2, 0.25) is 0 Å². The predicted octanol–water partition coefficient (Wildman–Crippen LogP) is 3.68. The monoisotopic (exact) mass is 344 g/mol. The highest BCUT2D eigenvalue weighted by Gasteiger charge is 2.07. The van der Waals surface area contributed by atoms with Crippen LogP contribution in [0.15, 0.2) is 47.7 Å². The Morgan fingerprint density at radius 1 is 1.33 bits per heavy atom. The summed E-state index contributed by atoms with van der Waals surface area (Å²) in [6.07, 6.45) is 4.65. The van der Waals surface area contributed by atoms with Crippen LogP contribution in [0.5, 0.6) is 0 Å². The SMILES string of the molecule is CCNC(=NCCc1ccncc1C)N(C)Cc1cccc(Cl)c1. The number of pyridine rings is 1. The van der Waals surface area contributed by atoms with E-state index in [2.05, 4.69) is 41.2 Å². The quantitative estimate of drug-likeness (QED) is 0.642. The molecule has 5 heteroatoms. The molecular formula is C19H25ClN4. The van der Waals surface area contributed by atoms with Gasteiger partial charge in [-0.1, -0.05) is 23.7 Å². The van der Waals surface area contributed by atoms with Crippen LogP contribution in [0.3, 0.4) is 0 Å². The molecule has 4 nitrogen and oxygen atoms in total. The van der Waals surface area contributed by atoms with Crippen molar-refractivity contribution in [3.8, 4) is 0 Å². The molecule has 0 aliphatic rings. The third-order valence-electron chi connectivity index (χ3n) is 3.78. The maximum atomic E-state index is 6.07. The molecule has 0 aliphatic heterocycles. The molecular weight excluding hydrogens is 320 g/mol. The lowest BCUT2D eigenvalue weighted by Crippen LogP contribution is -2.38. The summed E-state index contributed by atoms with van der Waals surface area (Å²) in [5, 5.41) is 4.11. The molecule has 2 aromatic rings. The van der Waals surface area contributed by atoms with Gasteiger partial charge in [0.25, 0.3) is 0 Å². The zero-order valence-corrected chi connectivity index (χ0v) is 15.3. The Morgan fingerprint density at radius 3 is 2.88 bits per heavy atom. The minimum Gasteiger partial charge on any atom is -0.357 e. The minimum absolute atomic E-state index is 0.743. The van der Waals surface area contributed by atoms with Crippen LogP contribution in [0.25, 0.3) is 0 Å². The van der Waals surface area contributed by atoms with Crippen molar-refractivity contribution in [2.45, 2.75) is 26.8 Å². The van der Waals surface area contributed by atoms with Crippen molar-refractivity contribution in [2.75, 3.05) is 20.1 Å². The molecule has 0 atom stereocenters. The van der Waals surface area contributed by atoms with Gasteiger partial charge < -0.3 is 10.2 Å². The molecule has 0 radical (unpaired) electrons. The lowest BCUT2D eigenvalue weighted by molar-refractivity contribution is 0.477. The van der Waals surface area contributed by atoms with E-state index in [1.54, 1.807) is 0 Å². The Morgan fingerprint density at radius 2 is 2.17 bits per heavy atom. The average Bonchev–Trinajstić information content (AvgIpc) is 2.55. The number of guanidine groups is 1. The van der Waals surface area contributed by atoms with Crippen LogP contribution >= 0.6 is 11.6 Å². The zero-order valence-electron chi connectivity index (χ0n) is 14.6. The second kappa shape index (κ2) is 9.28. The largest absolute Gasteiger partial charge is 0.357 e. The second-order valence-corrected chi connectivity index (χ2v) is 6.21. The number of hydrogen-bond acceptors (Lipinski definition) is 2. The van der Waals surface area contributed by atoms with Gasteiger partial charge in [0.15, 0.2) is 5.96 Å². The number of aryl methyl sites for hydroxylation is 1. The molecule has 0 saturated heterocycles. The minimum atomic E-state index is 0.743. The summed E-state index contributed by atoms with van der Waals surface area (Å²) in [6, 6.07) is 9.99. The highest BCUT2D eigenvalue weighted by molar-refractivity contribution is 6.30. The van der Waals surface area contributed by atoms with E-state index in [1.165, 1.54) is 16.7 Å². The Balaban J connectivity index is 2.00. The maximum absolute atomic E-state index is 6.07. The first-order chi connectivity index (χ1) is 11.6. The summed E-state index contributed by atoms with van der Waals surface area (Å²) in [6.45, 7) is 6.51. The molecule has 0 unspecified atom stereocenters. The van der Waals surface area contributed by atoms with E-state index < -0.39 is 0 Å². The van der Waals surface area contributed by atoms with Crippen molar-refractivity contribution in [3.05, 3.63) is 64.4 Å². The first-order valence-electron chi connectivity index (χ1n) is 8.23. The van der Waals surface area contributed by atoms with E-state index in [1.807, 2.05) is 37.6 Å². The molecule has 0 saturated carbocycles. The number of nitrogens with one attached hydrogen (secondary N) is 1. The van der Waals surface area contributed by atoms with Gasteiger partial charge in [-0.15, -0.1) is 0 Å². The third kappa shape index (κ3) is 5.53. The summed E-state index contributed by atoms with van der Waals surface area (Å²) < 4.78 is 0. The Bertz CT molecular complexity index is 685. The maximum Gasteiger partial charge on any atom is 0.193 e. The Hall–Kier alpha value is -2.07. The van der Waals surface area contributed by atoms with E-state index in [-0.39, 0.29) is 0 Å². The van der Waals surface area contributed by atoms with Crippen LogP contribution in [0.2, 0.25) is 5.02 Å². The van der Waals surface area contributed by atoms with Gasteiger partial charge in [-0.05, 0) is 55.2 Å². The van der Waals surface area contributed by atoms with Crippen molar-refractivity contribution in [1.29, 1.82) is 0 Å². The molecule has 0 amide bonds. The predicted molar refractivity (Wildman–Crippen MR) is 102 cm³/mol. The number of benzene rings is 1. The van der Waals surface area contributed by atoms with Crippen molar-refractivity contribution >= 4 is 17.6 Å². The van der Waals surface area contributed by atoms with Gasteiger partial charge >= 0.3 is 0 Å². The molecule has 2 rings (SSSR count). The molecule has 1 aromatic carbocycles. The molecule has 0 aliphatic carbocycles.